The Morgan fingerprint density at radius 1 is 1.52 bits per heavy atom. The molecule has 1 fully saturated rings. The van der Waals surface area contributed by atoms with E-state index in [-0.39, 0.29) is 12.6 Å². The Morgan fingerprint density at radius 2 is 2.28 bits per heavy atom. The first kappa shape index (κ1) is 17.1. The highest BCUT2D eigenvalue weighted by molar-refractivity contribution is 5.83. The topological polar surface area (TPSA) is 99.7 Å². The van der Waals surface area contributed by atoms with E-state index in [0.717, 1.165) is 0 Å². The molecule has 0 bridgehead atoms. The summed E-state index contributed by atoms with van der Waals surface area (Å²) < 4.78 is 1.80. The van der Waals surface area contributed by atoms with Crippen molar-refractivity contribution in [2.24, 2.45) is 10.4 Å². The molecule has 8 nitrogen and oxygen atoms in total. The molecule has 130 valence electrons. The Labute approximate surface area is 145 Å². The fourth-order valence-corrected chi connectivity index (χ4v) is 3.12. The molecule has 0 unspecified atom stereocenters. The third-order valence-electron chi connectivity index (χ3n) is 4.58. The highest BCUT2D eigenvalue weighted by atomic mass is 16.3. The van der Waals surface area contributed by atoms with Gasteiger partial charge in [-0.3, -0.25) is 0 Å². The number of terminal acetylenes is 1. The first-order valence-corrected chi connectivity index (χ1v) is 7.78. The predicted molar refractivity (Wildman–Crippen MR) is 94.3 cm³/mol. The van der Waals surface area contributed by atoms with Gasteiger partial charge in [0.2, 0.25) is 0 Å². The molecule has 2 aromatic rings. The number of imidazole rings is 1. The van der Waals surface area contributed by atoms with Crippen LogP contribution < -0.4 is 0 Å². The molecule has 0 radical (unpaired) electrons. The fourth-order valence-electron chi connectivity index (χ4n) is 3.12. The van der Waals surface area contributed by atoms with Gasteiger partial charge in [-0.2, -0.15) is 0 Å². The Bertz CT molecular complexity index is 881. The molecule has 0 spiro atoms. The number of aliphatic hydroxyl groups excluding tert-OH is 2. The van der Waals surface area contributed by atoms with E-state index in [2.05, 4.69) is 32.4 Å². The van der Waals surface area contributed by atoms with Crippen LogP contribution in [-0.4, -0.2) is 67.8 Å². The third kappa shape index (κ3) is 2.58. The van der Waals surface area contributed by atoms with Gasteiger partial charge in [0, 0.05) is 14.1 Å². The van der Waals surface area contributed by atoms with Crippen molar-refractivity contribution in [1.82, 2.24) is 24.4 Å². The van der Waals surface area contributed by atoms with Crippen LogP contribution in [0, 0.1) is 17.8 Å². The van der Waals surface area contributed by atoms with Crippen LogP contribution in [0.3, 0.4) is 0 Å². The highest BCUT2D eigenvalue weighted by Gasteiger charge is 2.49. The lowest BCUT2D eigenvalue weighted by Gasteiger charge is -2.26. The van der Waals surface area contributed by atoms with Crippen LogP contribution in [0.1, 0.15) is 12.5 Å². The Hall–Kier alpha value is -2.76. The molecule has 1 aliphatic carbocycles. The quantitative estimate of drug-likeness (QED) is 0.364. The maximum Gasteiger partial charge on any atom is 0.184 e. The lowest BCUT2D eigenvalue weighted by molar-refractivity contribution is 0.0636. The van der Waals surface area contributed by atoms with Crippen LogP contribution in [0.2, 0.25) is 0 Å². The van der Waals surface area contributed by atoms with Crippen molar-refractivity contribution in [2.45, 2.75) is 18.6 Å². The highest BCUT2D eigenvalue weighted by Crippen LogP contribution is 2.48. The van der Waals surface area contributed by atoms with Gasteiger partial charge in [0.25, 0.3) is 0 Å². The zero-order chi connectivity index (χ0) is 18.2. The summed E-state index contributed by atoms with van der Waals surface area (Å²) in [5.74, 6) is 2.97. The second kappa shape index (κ2) is 6.27. The zero-order valence-electron chi connectivity index (χ0n) is 14.2. The third-order valence-corrected chi connectivity index (χ3v) is 4.58. The molecule has 1 saturated carbocycles. The van der Waals surface area contributed by atoms with Crippen molar-refractivity contribution in [3.05, 3.63) is 24.8 Å². The molecule has 3 rings (SSSR count). The Balaban J connectivity index is 2.06. The van der Waals surface area contributed by atoms with E-state index in [0.29, 0.717) is 29.0 Å². The SMILES string of the molecule is C#C[C@]1(CO)C(=C)[C@@H](n2cnc3c(N=CN(C)C)ncnc32)C[C@@H]1O. The van der Waals surface area contributed by atoms with Crippen molar-refractivity contribution in [2.75, 3.05) is 20.7 Å². The minimum Gasteiger partial charge on any atom is -0.394 e. The summed E-state index contributed by atoms with van der Waals surface area (Å²) in [4.78, 5) is 18.9. The largest absolute Gasteiger partial charge is 0.394 e. The second-order valence-electron chi connectivity index (χ2n) is 6.30. The first-order valence-electron chi connectivity index (χ1n) is 7.78. The number of rotatable bonds is 4. The van der Waals surface area contributed by atoms with Crippen molar-refractivity contribution in [1.29, 1.82) is 0 Å². The van der Waals surface area contributed by atoms with Gasteiger partial charge in [-0.05, 0) is 12.0 Å². The zero-order valence-corrected chi connectivity index (χ0v) is 14.2. The lowest BCUT2D eigenvalue weighted by Crippen LogP contribution is -2.33. The predicted octanol–water partition coefficient (Wildman–Crippen LogP) is 0.521. The average Bonchev–Trinajstić information content (AvgIpc) is 3.13. The minimum absolute atomic E-state index is 0.316. The molecule has 25 heavy (non-hydrogen) atoms. The molecule has 1 aliphatic rings. The van der Waals surface area contributed by atoms with Crippen molar-refractivity contribution in [3.63, 3.8) is 0 Å². The van der Waals surface area contributed by atoms with Gasteiger partial charge in [0.05, 0.1) is 31.4 Å². The number of aromatic nitrogens is 4. The Kier molecular flexibility index (Phi) is 4.29. The average molecular weight is 340 g/mol. The maximum absolute atomic E-state index is 10.4. The first-order chi connectivity index (χ1) is 11.9. The second-order valence-corrected chi connectivity index (χ2v) is 6.30. The summed E-state index contributed by atoms with van der Waals surface area (Å²) in [5.41, 5.74) is 0.538. The maximum atomic E-state index is 10.4. The van der Waals surface area contributed by atoms with Gasteiger partial charge >= 0.3 is 0 Å². The monoisotopic (exact) mass is 340 g/mol. The molecule has 2 heterocycles. The van der Waals surface area contributed by atoms with Crippen LogP contribution in [0.4, 0.5) is 5.82 Å². The molecule has 0 aliphatic heterocycles. The number of hydrogen-bond acceptors (Lipinski definition) is 6. The van der Waals surface area contributed by atoms with E-state index in [9.17, 15) is 10.2 Å². The van der Waals surface area contributed by atoms with Gasteiger partial charge in [-0.1, -0.05) is 12.5 Å². The molecule has 0 saturated heterocycles. The lowest BCUT2D eigenvalue weighted by atomic mass is 9.82. The number of fused-ring (bicyclic) bond motifs is 1. The molecular formula is C17H20N6O2. The smallest absolute Gasteiger partial charge is 0.184 e. The van der Waals surface area contributed by atoms with Crippen LogP contribution in [0.5, 0.6) is 0 Å². The van der Waals surface area contributed by atoms with Crippen LogP contribution in [-0.2, 0) is 0 Å². The van der Waals surface area contributed by atoms with E-state index < -0.39 is 11.5 Å². The number of hydrogen-bond donors (Lipinski definition) is 2. The molecule has 0 aromatic carbocycles. The van der Waals surface area contributed by atoms with Crippen molar-refractivity contribution >= 4 is 23.3 Å². The van der Waals surface area contributed by atoms with Gasteiger partial charge < -0.3 is 19.7 Å². The standard InChI is InChI=1S/C17H20N6O2/c1-5-17(7-24)11(2)12(6-13(17)25)23-10-20-14-15(21-9-22(3)4)18-8-19-16(14)23/h1,8-10,12-13,24-25H,2,6-7H2,3-4H3/t12-,13-,17-/m0/s1. The van der Waals surface area contributed by atoms with Crippen LogP contribution in [0.25, 0.3) is 11.2 Å². The molecule has 3 atom stereocenters. The summed E-state index contributed by atoms with van der Waals surface area (Å²) in [6.07, 6.45) is 9.68. The molecule has 2 N–H and O–H groups in total. The summed E-state index contributed by atoms with van der Waals surface area (Å²) in [5, 5.41) is 20.1. The number of aliphatic hydroxyl groups is 2. The molecular weight excluding hydrogens is 320 g/mol. The summed E-state index contributed by atoms with van der Waals surface area (Å²) in [6, 6.07) is -0.316. The Morgan fingerprint density at radius 3 is 2.88 bits per heavy atom. The minimum atomic E-state index is -1.15. The summed E-state index contributed by atoms with van der Waals surface area (Å²) >= 11 is 0. The van der Waals surface area contributed by atoms with Crippen molar-refractivity contribution in [3.8, 4) is 12.3 Å². The van der Waals surface area contributed by atoms with E-state index >= 15 is 0 Å². The van der Waals surface area contributed by atoms with Crippen molar-refractivity contribution < 1.29 is 10.2 Å². The molecule has 2 aromatic heterocycles. The number of aliphatic imine (C=N–C) groups is 1. The van der Waals surface area contributed by atoms with E-state index in [4.69, 9.17) is 6.42 Å². The van der Waals surface area contributed by atoms with Gasteiger partial charge in [-0.15, -0.1) is 6.42 Å². The molecule has 0 amide bonds. The van der Waals surface area contributed by atoms with E-state index in [1.54, 1.807) is 22.1 Å². The normalized spacial score (nSPS) is 26.4. The van der Waals surface area contributed by atoms with Gasteiger partial charge in [0.1, 0.15) is 11.7 Å². The van der Waals surface area contributed by atoms with Crippen LogP contribution in [0.15, 0.2) is 29.8 Å². The van der Waals surface area contributed by atoms with Gasteiger partial charge in [-0.25, -0.2) is 19.9 Å². The van der Waals surface area contributed by atoms with E-state index in [1.807, 2.05) is 14.1 Å². The summed E-state index contributed by atoms with van der Waals surface area (Å²) in [7, 11) is 3.72. The fraction of sp³-hybridized carbons (Fsp3) is 0.412. The summed E-state index contributed by atoms with van der Waals surface area (Å²) in [6.45, 7) is 3.67. The molecule has 8 heteroatoms. The van der Waals surface area contributed by atoms with Gasteiger partial charge in [0.15, 0.2) is 17.0 Å². The number of nitrogens with zero attached hydrogens (tertiary/aromatic N) is 6. The van der Waals surface area contributed by atoms with E-state index in [1.165, 1.54) is 6.33 Å². The van der Waals surface area contributed by atoms with Crippen LogP contribution >= 0.6 is 0 Å².